The van der Waals surface area contributed by atoms with Crippen LogP contribution in [0.15, 0.2) is 33.6 Å². The molecule has 3 rings (SSSR count). The maximum absolute atomic E-state index is 12.1. The van der Waals surface area contributed by atoms with Crippen molar-refractivity contribution in [1.82, 2.24) is 0 Å². The minimum Gasteiger partial charge on any atom is -0.299 e. The summed E-state index contributed by atoms with van der Waals surface area (Å²) in [5.41, 5.74) is 0. The fourth-order valence-corrected chi connectivity index (χ4v) is 4.71. The Morgan fingerprint density at radius 3 is 2.63 bits per heavy atom. The van der Waals surface area contributed by atoms with Crippen LogP contribution in [0, 0.1) is 17.8 Å². The molecular weight excluding hydrogens is 320 g/mol. The Morgan fingerprint density at radius 2 is 2.00 bits per heavy atom. The Bertz CT molecular complexity index is 456. The second kappa shape index (κ2) is 6.01. The molecule has 0 radical (unpaired) electrons. The lowest BCUT2D eigenvalue weighted by atomic mass is 9.85. The molecule has 3 atom stereocenters. The van der Waals surface area contributed by atoms with E-state index in [0.717, 1.165) is 22.7 Å². The van der Waals surface area contributed by atoms with Crippen LogP contribution in [0.25, 0.3) is 0 Å². The third kappa shape index (κ3) is 3.43. The Hall–Kier alpha value is -0.280. The number of halogens is 1. The molecule has 3 heteroatoms. The molecule has 1 nitrogen and oxygen atoms in total. The van der Waals surface area contributed by atoms with Gasteiger partial charge in [0.25, 0.3) is 0 Å². The molecule has 3 unspecified atom stereocenters. The van der Waals surface area contributed by atoms with E-state index >= 15 is 0 Å². The molecule has 0 saturated heterocycles. The van der Waals surface area contributed by atoms with E-state index in [1.165, 1.54) is 30.6 Å². The summed E-state index contributed by atoms with van der Waals surface area (Å²) in [6, 6.07) is 8.20. The van der Waals surface area contributed by atoms with Gasteiger partial charge in [0.05, 0.1) is 5.75 Å². The molecule has 0 heterocycles. The van der Waals surface area contributed by atoms with Gasteiger partial charge in [0.2, 0.25) is 0 Å². The first kappa shape index (κ1) is 13.7. The number of hydrogen-bond donors (Lipinski definition) is 0. The van der Waals surface area contributed by atoms with Gasteiger partial charge in [0, 0.05) is 15.8 Å². The number of Topliss-reactive ketones (excluding diaryl/α,β-unsaturated/α-hetero) is 1. The number of ketones is 1. The maximum atomic E-state index is 12.1. The van der Waals surface area contributed by atoms with Crippen LogP contribution in [0.5, 0.6) is 0 Å². The first-order chi connectivity index (χ1) is 9.20. The summed E-state index contributed by atoms with van der Waals surface area (Å²) in [7, 11) is 0. The molecule has 102 valence electrons. The van der Waals surface area contributed by atoms with Crippen LogP contribution < -0.4 is 0 Å². The normalized spacial score (nSPS) is 28.8. The van der Waals surface area contributed by atoms with Gasteiger partial charge in [-0.15, -0.1) is 11.8 Å². The van der Waals surface area contributed by atoms with Crippen LogP contribution >= 0.6 is 27.7 Å². The highest BCUT2D eigenvalue weighted by Gasteiger charge is 2.39. The number of fused-ring (bicyclic) bond motifs is 2. The van der Waals surface area contributed by atoms with Crippen molar-refractivity contribution in [2.45, 2.75) is 37.0 Å². The lowest BCUT2D eigenvalue weighted by molar-refractivity contribution is -0.117. The number of carbonyl (C=O) groups excluding carboxylic acids is 1. The van der Waals surface area contributed by atoms with E-state index in [2.05, 4.69) is 28.1 Å². The molecule has 1 aromatic carbocycles. The average Bonchev–Trinajstić information content (AvgIpc) is 3.00. The second-order valence-electron chi connectivity index (χ2n) is 5.92. The summed E-state index contributed by atoms with van der Waals surface area (Å²) < 4.78 is 1.09. The Morgan fingerprint density at radius 1 is 1.21 bits per heavy atom. The highest BCUT2D eigenvalue weighted by Crippen LogP contribution is 2.49. The molecule has 2 aliphatic carbocycles. The van der Waals surface area contributed by atoms with Crippen LogP contribution in [0.2, 0.25) is 0 Å². The summed E-state index contributed by atoms with van der Waals surface area (Å²) in [5.74, 6) is 3.59. The molecule has 19 heavy (non-hydrogen) atoms. The number of thioether (sulfide) groups is 1. The zero-order valence-corrected chi connectivity index (χ0v) is 13.4. The SMILES string of the molecule is O=C(CSc1ccc(Br)cc1)CC1CC2CCC1C2. The number of benzene rings is 1. The van der Waals surface area contributed by atoms with Gasteiger partial charge in [-0.3, -0.25) is 4.79 Å². The molecule has 0 aromatic heterocycles. The van der Waals surface area contributed by atoms with E-state index in [1.54, 1.807) is 11.8 Å². The molecule has 2 aliphatic rings. The molecule has 0 N–H and O–H groups in total. The fraction of sp³-hybridized carbons (Fsp3) is 0.562. The van der Waals surface area contributed by atoms with Crippen molar-refractivity contribution >= 4 is 33.5 Å². The van der Waals surface area contributed by atoms with E-state index in [1.807, 2.05) is 12.1 Å². The summed E-state index contributed by atoms with van der Waals surface area (Å²) in [4.78, 5) is 13.3. The van der Waals surface area contributed by atoms with Gasteiger partial charge >= 0.3 is 0 Å². The highest BCUT2D eigenvalue weighted by atomic mass is 79.9. The van der Waals surface area contributed by atoms with Crippen molar-refractivity contribution in [3.63, 3.8) is 0 Å². The summed E-state index contributed by atoms with van der Waals surface area (Å²) in [5, 5.41) is 0. The van der Waals surface area contributed by atoms with E-state index in [0.29, 0.717) is 17.5 Å². The molecule has 1 aromatic rings. The second-order valence-corrected chi connectivity index (χ2v) is 7.88. The first-order valence-corrected chi connectivity index (χ1v) is 8.88. The predicted molar refractivity (Wildman–Crippen MR) is 83.4 cm³/mol. The third-order valence-electron chi connectivity index (χ3n) is 4.59. The number of carbonyl (C=O) groups is 1. The van der Waals surface area contributed by atoms with Gasteiger partial charge in [-0.25, -0.2) is 0 Å². The lowest BCUT2D eigenvalue weighted by Crippen LogP contribution is -2.16. The molecular formula is C16H19BrOS. The van der Waals surface area contributed by atoms with E-state index in [-0.39, 0.29) is 0 Å². The minimum absolute atomic E-state index is 0.436. The highest BCUT2D eigenvalue weighted by molar-refractivity contribution is 9.10. The standard InChI is InChI=1S/C16H19BrOS/c17-14-3-5-16(6-4-14)19-10-15(18)9-13-8-11-1-2-12(13)7-11/h3-6,11-13H,1-2,7-10H2. The molecule has 2 fully saturated rings. The van der Waals surface area contributed by atoms with Crippen molar-refractivity contribution < 1.29 is 4.79 Å². The zero-order valence-electron chi connectivity index (χ0n) is 11.0. The number of hydrogen-bond acceptors (Lipinski definition) is 2. The maximum Gasteiger partial charge on any atom is 0.143 e. The van der Waals surface area contributed by atoms with Crippen molar-refractivity contribution in [2.24, 2.45) is 17.8 Å². The van der Waals surface area contributed by atoms with Crippen LogP contribution in [0.3, 0.4) is 0 Å². The zero-order chi connectivity index (χ0) is 13.2. The van der Waals surface area contributed by atoms with Crippen LogP contribution in [-0.4, -0.2) is 11.5 Å². The van der Waals surface area contributed by atoms with E-state index in [9.17, 15) is 4.79 Å². The minimum atomic E-state index is 0.436. The van der Waals surface area contributed by atoms with Gasteiger partial charge in [0.15, 0.2) is 0 Å². The van der Waals surface area contributed by atoms with Crippen LogP contribution in [0.4, 0.5) is 0 Å². The molecule has 2 saturated carbocycles. The average molecular weight is 339 g/mol. The van der Waals surface area contributed by atoms with Crippen molar-refractivity contribution in [1.29, 1.82) is 0 Å². The largest absolute Gasteiger partial charge is 0.299 e. The molecule has 0 amide bonds. The van der Waals surface area contributed by atoms with E-state index in [4.69, 9.17) is 0 Å². The molecule has 2 bridgehead atoms. The van der Waals surface area contributed by atoms with Gasteiger partial charge < -0.3 is 0 Å². The molecule has 0 aliphatic heterocycles. The Kier molecular flexibility index (Phi) is 4.33. The van der Waals surface area contributed by atoms with Crippen LogP contribution in [-0.2, 0) is 4.79 Å². The smallest absolute Gasteiger partial charge is 0.143 e. The van der Waals surface area contributed by atoms with Gasteiger partial charge in [-0.05, 0) is 61.3 Å². The Labute approximate surface area is 127 Å². The summed E-state index contributed by atoms with van der Waals surface area (Å²) >= 11 is 5.10. The van der Waals surface area contributed by atoms with Gasteiger partial charge in [-0.2, -0.15) is 0 Å². The van der Waals surface area contributed by atoms with Gasteiger partial charge in [-0.1, -0.05) is 22.4 Å². The van der Waals surface area contributed by atoms with Crippen molar-refractivity contribution in [3.05, 3.63) is 28.7 Å². The topological polar surface area (TPSA) is 17.1 Å². The monoisotopic (exact) mass is 338 g/mol. The molecule has 0 spiro atoms. The predicted octanol–water partition coefficient (Wildman–Crippen LogP) is 4.94. The Balaban J connectivity index is 1.45. The first-order valence-electron chi connectivity index (χ1n) is 7.11. The van der Waals surface area contributed by atoms with Crippen molar-refractivity contribution in [3.8, 4) is 0 Å². The number of rotatable bonds is 5. The quantitative estimate of drug-likeness (QED) is 0.707. The third-order valence-corrected chi connectivity index (χ3v) is 6.19. The lowest BCUT2D eigenvalue weighted by Gasteiger charge is -2.20. The summed E-state index contributed by atoms with van der Waals surface area (Å²) in [6.07, 6.45) is 6.34. The van der Waals surface area contributed by atoms with Crippen LogP contribution in [0.1, 0.15) is 32.1 Å². The summed E-state index contributed by atoms with van der Waals surface area (Å²) in [6.45, 7) is 0. The van der Waals surface area contributed by atoms with Crippen molar-refractivity contribution in [2.75, 3.05) is 5.75 Å². The van der Waals surface area contributed by atoms with E-state index < -0.39 is 0 Å². The van der Waals surface area contributed by atoms with Gasteiger partial charge in [0.1, 0.15) is 5.78 Å². The fourth-order valence-electron chi connectivity index (χ4n) is 3.67.